The molecule has 5 aliphatic rings. The Hall–Kier alpha value is -2.03. The number of aromatic nitrogens is 2. The number of aliphatic carboxylic acids is 1. The minimum absolute atomic E-state index is 0.0120. The van der Waals surface area contributed by atoms with E-state index in [0.717, 1.165) is 30.6 Å². The summed E-state index contributed by atoms with van der Waals surface area (Å²) in [7, 11) is 0. The van der Waals surface area contributed by atoms with Gasteiger partial charge in [0.1, 0.15) is 5.69 Å². The first-order chi connectivity index (χ1) is 18.6. The van der Waals surface area contributed by atoms with Gasteiger partial charge in [0.15, 0.2) is 5.69 Å². The van der Waals surface area contributed by atoms with Crippen molar-refractivity contribution in [3.05, 3.63) is 21.5 Å². The fourth-order valence-corrected chi connectivity index (χ4v) is 10.9. The summed E-state index contributed by atoms with van der Waals surface area (Å²) in [6.45, 7) is 7.46. The minimum Gasteiger partial charge on any atom is -0.481 e. The van der Waals surface area contributed by atoms with Crippen LogP contribution in [0.2, 0.25) is 0 Å². The predicted molar refractivity (Wildman–Crippen MR) is 144 cm³/mol. The van der Waals surface area contributed by atoms with Gasteiger partial charge in [-0.1, -0.05) is 25.9 Å². The standard InChI is InChI=1S/C30H46N4O5/c1-17(4-11-26(35)36)21-7-8-22-20-6-5-18-16-19(12-14-29(18,2)23(20)13-15-30(21,22)3)31-24-9-10-25(34(37)38)28-27(24)32-39-33-28/h17-25,31H,4-16H2,1-3H3,(H,35,36)/t17-,18-,19-,20?,21?,22?,23?,24?,25?,29+,30-/m1/s1. The third-order valence-electron chi connectivity index (χ3n) is 12.8. The van der Waals surface area contributed by atoms with Gasteiger partial charge in [-0.3, -0.25) is 14.9 Å². The van der Waals surface area contributed by atoms with E-state index in [-0.39, 0.29) is 11.0 Å². The van der Waals surface area contributed by atoms with Crippen LogP contribution in [0.5, 0.6) is 0 Å². The number of carbonyl (C=O) groups is 1. The number of nitrogens with zero attached hydrogens (tertiary/aromatic N) is 3. The molecule has 1 aromatic heterocycles. The zero-order valence-corrected chi connectivity index (χ0v) is 23.8. The van der Waals surface area contributed by atoms with Crippen molar-refractivity contribution in [3.8, 4) is 0 Å². The summed E-state index contributed by atoms with van der Waals surface area (Å²) in [5.74, 6) is 3.60. The van der Waals surface area contributed by atoms with Gasteiger partial charge < -0.3 is 10.4 Å². The molecule has 0 aliphatic heterocycles. The fraction of sp³-hybridized carbons (Fsp3) is 0.900. The van der Waals surface area contributed by atoms with Crippen LogP contribution in [-0.2, 0) is 4.79 Å². The lowest BCUT2D eigenvalue weighted by atomic mass is 9.44. The van der Waals surface area contributed by atoms with E-state index in [4.69, 9.17) is 4.63 Å². The number of carboxylic acid groups (broad SMARTS) is 1. The molecule has 0 radical (unpaired) electrons. The Labute approximate surface area is 231 Å². The van der Waals surface area contributed by atoms with Crippen molar-refractivity contribution < 1.29 is 19.5 Å². The molecule has 6 rings (SSSR count). The van der Waals surface area contributed by atoms with Gasteiger partial charge in [0.25, 0.3) is 6.04 Å². The summed E-state index contributed by atoms with van der Waals surface area (Å²) in [6, 6.07) is -0.412. The Balaban J connectivity index is 1.11. The SMILES string of the molecule is C[C@H](CCC(=O)O)C1CCC2C3CC[C@@H]4C[C@H](NC5CCC([N+](=O)[O-])c6nonc65)CC[C@]4(C)C3CC[C@@]21C. The first-order valence-electron chi connectivity index (χ1n) is 15.6. The normalized spacial score (nSPS) is 44.0. The minimum atomic E-state index is -0.804. The molecule has 1 heterocycles. The summed E-state index contributed by atoms with van der Waals surface area (Å²) >= 11 is 0. The first-order valence-corrected chi connectivity index (χ1v) is 15.6. The highest BCUT2D eigenvalue weighted by atomic mass is 16.6. The molecular weight excluding hydrogens is 496 g/mol. The maximum absolute atomic E-state index is 11.5. The number of rotatable bonds is 7. The van der Waals surface area contributed by atoms with Gasteiger partial charge in [0.05, 0.1) is 6.04 Å². The van der Waals surface area contributed by atoms with E-state index < -0.39 is 12.0 Å². The summed E-state index contributed by atoms with van der Waals surface area (Å²) < 4.78 is 4.95. The van der Waals surface area contributed by atoms with Crippen molar-refractivity contribution >= 4 is 5.97 Å². The summed E-state index contributed by atoms with van der Waals surface area (Å²) in [5, 5.41) is 32.5. The third kappa shape index (κ3) is 4.51. The Kier molecular flexibility index (Phi) is 7.04. The lowest BCUT2D eigenvalue weighted by Gasteiger charge is -2.61. The third-order valence-corrected chi connectivity index (χ3v) is 12.8. The zero-order valence-electron chi connectivity index (χ0n) is 23.8. The van der Waals surface area contributed by atoms with Crippen LogP contribution in [0.25, 0.3) is 0 Å². The molecule has 0 aromatic carbocycles. The maximum atomic E-state index is 11.5. The summed E-state index contributed by atoms with van der Waals surface area (Å²) in [4.78, 5) is 22.4. The van der Waals surface area contributed by atoms with Crippen molar-refractivity contribution in [1.82, 2.24) is 15.6 Å². The second kappa shape index (κ2) is 10.1. The Bertz CT molecular complexity index is 1090. The molecule has 39 heavy (non-hydrogen) atoms. The van der Waals surface area contributed by atoms with Gasteiger partial charge in [0.2, 0.25) is 0 Å². The monoisotopic (exact) mass is 542 g/mol. The van der Waals surface area contributed by atoms with Crippen LogP contribution in [0.3, 0.4) is 0 Å². The molecule has 4 fully saturated rings. The van der Waals surface area contributed by atoms with Gasteiger partial charge >= 0.3 is 5.97 Å². The number of fused-ring (bicyclic) bond motifs is 6. The molecule has 0 amide bonds. The van der Waals surface area contributed by atoms with Crippen LogP contribution in [0.4, 0.5) is 0 Å². The average Bonchev–Trinajstić information content (AvgIpc) is 3.52. The quantitative estimate of drug-likeness (QED) is 0.301. The van der Waals surface area contributed by atoms with Crippen molar-refractivity contribution in [2.24, 2.45) is 46.3 Å². The summed E-state index contributed by atoms with van der Waals surface area (Å²) in [5.41, 5.74) is 1.80. The van der Waals surface area contributed by atoms with Crippen LogP contribution in [0.15, 0.2) is 4.63 Å². The highest BCUT2D eigenvalue weighted by Crippen LogP contribution is 2.68. The van der Waals surface area contributed by atoms with Crippen LogP contribution >= 0.6 is 0 Å². The number of carboxylic acids is 1. The predicted octanol–water partition coefficient (Wildman–Crippen LogP) is 6.34. The van der Waals surface area contributed by atoms with E-state index in [0.29, 0.717) is 65.3 Å². The Morgan fingerprint density at radius 3 is 2.56 bits per heavy atom. The van der Waals surface area contributed by atoms with Gasteiger partial charge in [-0.15, -0.1) is 0 Å². The second-order valence-electron chi connectivity index (χ2n) is 14.4. The molecule has 11 atom stereocenters. The molecule has 2 N–H and O–H groups in total. The van der Waals surface area contributed by atoms with Crippen molar-refractivity contribution in [1.29, 1.82) is 0 Å². The molecule has 9 nitrogen and oxygen atoms in total. The molecule has 5 aliphatic carbocycles. The van der Waals surface area contributed by atoms with Gasteiger partial charge in [-0.2, -0.15) is 0 Å². The number of nitrogens with one attached hydrogen (secondary N) is 1. The van der Waals surface area contributed by atoms with E-state index in [2.05, 4.69) is 36.4 Å². The van der Waals surface area contributed by atoms with Gasteiger partial charge in [0, 0.05) is 23.8 Å². The Morgan fingerprint density at radius 2 is 1.79 bits per heavy atom. The number of hydrogen-bond donors (Lipinski definition) is 2. The maximum Gasteiger partial charge on any atom is 0.303 e. The molecule has 0 spiro atoms. The van der Waals surface area contributed by atoms with Gasteiger partial charge in [-0.05, 0) is 122 Å². The molecular formula is C30H46N4O5. The molecule has 6 unspecified atom stereocenters. The molecule has 4 saturated carbocycles. The molecule has 216 valence electrons. The van der Waals surface area contributed by atoms with E-state index >= 15 is 0 Å². The van der Waals surface area contributed by atoms with E-state index in [9.17, 15) is 20.0 Å². The van der Waals surface area contributed by atoms with Crippen molar-refractivity contribution in [3.63, 3.8) is 0 Å². The lowest BCUT2D eigenvalue weighted by Crippen LogP contribution is -2.55. The highest BCUT2D eigenvalue weighted by Gasteiger charge is 2.60. The smallest absolute Gasteiger partial charge is 0.303 e. The number of hydrogen-bond acceptors (Lipinski definition) is 7. The first kappa shape index (κ1) is 27.2. The van der Waals surface area contributed by atoms with Crippen LogP contribution in [-0.4, -0.2) is 32.4 Å². The summed E-state index contributed by atoms with van der Waals surface area (Å²) in [6.07, 6.45) is 13.7. The van der Waals surface area contributed by atoms with E-state index in [1.54, 1.807) is 0 Å². The van der Waals surface area contributed by atoms with Crippen molar-refractivity contribution in [2.75, 3.05) is 0 Å². The lowest BCUT2D eigenvalue weighted by molar-refractivity contribution is -0.532. The van der Waals surface area contributed by atoms with Gasteiger partial charge in [-0.25, -0.2) is 4.63 Å². The number of nitro groups is 1. The zero-order chi connectivity index (χ0) is 27.5. The molecule has 9 heteroatoms. The fourth-order valence-electron chi connectivity index (χ4n) is 10.9. The second-order valence-corrected chi connectivity index (χ2v) is 14.4. The molecule has 1 aromatic rings. The van der Waals surface area contributed by atoms with Crippen LogP contribution < -0.4 is 5.32 Å². The largest absolute Gasteiger partial charge is 0.481 e. The highest BCUT2D eigenvalue weighted by molar-refractivity contribution is 5.66. The van der Waals surface area contributed by atoms with Crippen LogP contribution in [0, 0.1) is 56.5 Å². The Morgan fingerprint density at radius 1 is 1.05 bits per heavy atom. The molecule has 0 saturated heterocycles. The van der Waals surface area contributed by atoms with E-state index in [1.165, 1.54) is 51.4 Å². The topological polar surface area (TPSA) is 131 Å². The van der Waals surface area contributed by atoms with Crippen molar-refractivity contribution in [2.45, 2.75) is 122 Å². The van der Waals surface area contributed by atoms with E-state index in [1.807, 2.05) is 0 Å². The average molecular weight is 543 g/mol. The molecule has 0 bridgehead atoms. The van der Waals surface area contributed by atoms with Crippen LogP contribution in [0.1, 0.15) is 128 Å².